The predicted molar refractivity (Wildman–Crippen MR) is 117 cm³/mol. The number of fused-ring (bicyclic) bond motifs is 2. The third kappa shape index (κ3) is 3.64. The highest BCUT2D eigenvalue weighted by Crippen LogP contribution is 2.46. The number of aromatic nitrogens is 2. The summed E-state index contributed by atoms with van der Waals surface area (Å²) in [6.45, 7) is 4.70. The smallest absolute Gasteiger partial charge is 0.255 e. The summed E-state index contributed by atoms with van der Waals surface area (Å²) in [5, 5.41) is 0. The average molecular weight is 425 g/mol. The Morgan fingerprint density at radius 1 is 1.10 bits per heavy atom. The molecule has 0 unspecified atom stereocenters. The summed E-state index contributed by atoms with van der Waals surface area (Å²) < 4.78 is 12.5. The molecule has 164 valence electrons. The van der Waals surface area contributed by atoms with Gasteiger partial charge in [-0.25, -0.2) is 4.98 Å². The molecule has 0 saturated carbocycles. The van der Waals surface area contributed by atoms with Crippen LogP contribution in [0.1, 0.15) is 24.2 Å². The van der Waals surface area contributed by atoms with Gasteiger partial charge in [-0.2, -0.15) is 0 Å². The van der Waals surface area contributed by atoms with Gasteiger partial charge in [0.05, 0.1) is 19.6 Å². The second-order valence-electron chi connectivity index (χ2n) is 8.59. The molecular formula is C23H28N4O4. The Labute approximate surface area is 181 Å². The zero-order valence-corrected chi connectivity index (χ0v) is 17.9. The van der Waals surface area contributed by atoms with Gasteiger partial charge in [0.2, 0.25) is 5.91 Å². The minimum absolute atomic E-state index is 0.0301. The van der Waals surface area contributed by atoms with Crippen LogP contribution in [0.25, 0.3) is 0 Å². The molecule has 0 aliphatic carbocycles. The number of hydrogen-bond acceptors (Lipinski definition) is 6. The summed E-state index contributed by atoms with van der Waals surface area (Å²) >= 11 is 0. The standard InChI is InChI=1S/C23H28N4O4/c1-25-19(24-20(15-21(25)28)26-8-12-31-13-9-26)14-22(29)27-16-23(6-10-30-11-7-23)17-4-2-3-5-18(17)27/h2-5,15H,6-14,16H2,1H3. The van der Waals surface area contributed by atoms with Gasteiger partial charge >= 0.3 is 0 Å². The van der Waals surface area contributed by atoms with Crippen molar-refractivity contribution in [2.45, 2.75) is 24.7 Å². The second kappa shape index (κ2) is 8.09. The molecule has 0 atom stereocenters. The molecule has 2 aromatic rings. The molecule has 31 heavy (non-hydrogen) atoms. The van der Waals surface area contributed by atoms with Gasteiger partial charge in [0, 0.05) is 57.1 Å². The molecule has 0 N–H and O–H groups in total. The maximum absolute atomic E-state index is 13.5. The first-order chi connectivity index (χ1) is 15.1. The number of benzene rings is 1. The molecule has 2 fully saturated rings. The number of morpholine rings is 1. The van der Waals surface area contributed by atoms with E-state index in [9.17, 15) is 9.59 Å². The topological polar surface area (TPSA) is 76.9 Å². The number of hydrogen-bond donors (Lipinski definition) is 0. The zero-order valence-electron chi connectivity index (χ0n) is 17.9. The van der Waals surface area contributed by atoms with Crippen molar-refractivity contribution in [2.24, 2.45) is 7.05 Å². The number of anilines is 2. The fourth-order valence-electron chi connectivity index (χ4n) is 4.96. The van der Waals surface area contributed by atoms with E-state index in [2.05, 4.69) is 6.07 Å². The van der Waals surface area contributed by atoms with Gasteiger partial charge in [0.25, 0.3) is 5.56 Å². The number of carbonyl (C=O) groups is 1. The van der Waals surface area contributed by atoms with Gasteiger partial charge < -0.3 is 19.3 Å². The van der Waals surface area contributed by atoms with Gasteiger partial charge in [-0.1, -0.05) is 18.2 Å². The molecule has 8 heteroatoms. The molecule has 5 rings (SSSR count). The third-order valence-electron chi connectivity index (χ3n) is 6.84. The molecule has 4 heterocycles. The summed E-state index contributed by atoms with van der Waals surface area (Å²) in [6.07, 6.45) is 1.92. The summed E-state index contributed by atoms with van der Waals surface area (Å²) in [5.41, 5.74) is 2.01. The minimum atomic E-state index is -0.151. The van der Waals surface area contributed by atoms with E-state index in [1.807, 2.05) is 28.0 Å². The number of carbonyl (C=O) groups excluding carboxylic acids is 1. The Morgan fingerprint density at radius 3 is 2.58 bits per heavy atom. The summed E-state index contributed by atoms with van der Waals surface area (Å²) in [4.78, 5) is 34.7. The third-order valence-corrected chi connectivity index (χ3v) is 6.84. The molecule has 0 radical (unpaired) electrons. The number of amides is 1. The Morgan fingerprint density at radius 2 is 1.81 bits per heavy atom. The Balaban J connectivity index is 1.43. The Hall–Kier alpha value is -2.71. The van der Waals surface area contributed by atoms with Gasteiger partial charge in [0.1, 0.15) is 11.6 Å². The molecule has 1 aromatic carbocycles. The summed E-state index contributed by atoms with van der Waals surface area (Å²) in [6, 6.07) is 9.72. The number of ether oxygens (including phenoxy) is 2. The van der Waals surface area contributed by atoms with E-state index in [0.29, 0.717) is 57.7 Å². The molecule has 1 aromatic heterocycles. The highest BCUT2D eigenvalue weighted by Gasteiger charge is 2.45. The fourth-order valence-corrected chi connectivity index (χ4v) is 4.96. The maximum Gasteiger partial charge on any atom is 0.255 e. The van der Waals surface area contributed by atoms with E-state index in [4.69, 9.17) is 14.5 Å². The van der Waals surface area contributed by atoms with Crippen molar-refractivity contribution < 1.29 is 14.3 Å². The van der Waals surface area contributed by atoms with E-state index in [1.165, 1.54) is 10.1 Å². The van der Waals surface area contributed by atoms with Gasteiger partial charge in [0.15, 0.2) is 0 Å². The number of rotatable bonds is 3. The van der Waals surface area contributed by atoms with Crippen LogP contribution in [0.15, 0.2) is 35.1 Å². The van der Waals surface area contributed by atoms with Crippen molar-refractivity contribution in [3.05, 3.63) is 52.1 Å². The van der Waals surface area contributed by atoms with Crippen molar-refractivity contribution in [3.63, 3.8) is 0 Å². The first-order valence-corrected chi connectivity index (χ1v) is 10.9. The Bertz CT molecular complexity index is 1040. The lowest BCUT2D eigenvalue weighted by Gasteiger charge is -2.34. The normalized spacial score (nSPS) is 20.2. The van der Waals surface area contributed by atoms with Crippen molar-refractivity contribution in [1.82, 2.24) is 9.55 Å². The van der Waals surface area contributed by atoms with Gasteiger partial charge in [-0.15, -0.1) is 0 Å². The number of nitrogens with zero attached hydrogens (tertiary/aromatic N) is 4. The number of para-hydroxylation sites is 1. The van der Waals surface area contributed by atoms with Crippen molar-refractivity contribution in [2.75, 3.05) is 55.9 Å². The maximum atomic E-state index is 13.5. The van der Waals surface area contributed by atoms with Crippen LogP contribution < -0.4 is 15.4 Å². The fraction of sp³-hybridized carbons (Fsp3) is 0.522. The van der Waals surface area contributed by atoms with E-state index in [1.54, 1.807) is 13.1 Å². The van der Waals surface area contributed by atoms with Crippen LogP contribution in [-0.2, 0) is 33.2 Å². The van der Waals surface area contributed by atoms with Crippen LogP contribution in [0.3, 0.4) is 0 Å². The van der Waals surface area contributed by atoms with Crippen LogP contribution in [0.4, 0.5) is 11.5 Å². The second-order valence-corrected chi connectivity index (χ2v) is 8.59. The van der Waals surface area contributed by atoms with Crippen LogP contribution in [0.5, 0.6) is 0 Å². The van der Waals surface area contributed by atoms with E-state index < -0.39 is 0 Å². The van der Waals surface area contributed by atoms with Crippen LogP contribution >= 0.6 is 0 Å². The summed E-state index contributed by atoms with van der Waals surface area (Å²) in [5.74, 6) is 1.08. The van der Waals surface area contributed by atoms with Gasteiger partial charge in [-0.3, -0.25) is 14.2 Å². The highest BCUT2D eigenvalue weighted by atomic mass is 16.5. The molecule has 2 saturated heterocycles. The van der Waals surface area contributed by atoms with Crippen LogP contribution in [0.2, 0.25) is 0 Å². The zero-order chi connectivity index (χ0) is 21.4. The molecule has 1 spiro atoms. The summed E-state index contributed by atoms with van der Waals surface area (Å²) in [7, 11) is 1.68. The average Bonchev–Trinajstić information content (AvgIpc) is 3.12. The van der Waals surface area contributed by atoms with Crippen LogP contribution in [0, 0.1) is 0 Å². The van der Waals surface area contributed by atoms with E-state index in [-0.39, 0.29) is 23.3 Å². The van der Waals surface area contributed by atoms with E-state index >= 15 is 0 Å². The molecule has 8 nitrogen and oxygen atoms in total. The van der Waals surface area contributed by atoms with Crippen LogP contribution in [-0.4, -0.2) is 61.5 Å². The quantitative estimate of drug-likeness (QED) is 0.738. The SMILES string of the molecule is Cn1c(CC(=O)N2CC3(CCOCC3)c3ccccc32)nc(N2CCOCC2)cc1=O. The lowest BCUT2D eigenvalue weighted by Crippen LogP contribution is -2.42. The minimum Gasteiger partial charge on any atom is -0.381 e. The molecular weight excluding hydrogens is 396 g/mol. The highest BCUT2D eigenvalue weighted by molar-refractivity contribution is 5.97. The Kier molecular flexibility index (Phi) is 5.27. The molecule has 3 aliphatic heterocycles. The lowest BCUT2D eigenvalue weighted by molar-refractivity contribution is -0.118. The molecule has 3 aliphatic rings. The first-order valence-electron chi connectivity index (χ1n) is 10.9. The molecule has 1 amide bonds. The van der Waals surface area contributed by atoms with Crippen molar-refractivity contribution >= 4 is 17.4 Å². The van der Waals surface area contributed by atoms with Crippen molar-refractivity contribution in [1.29, 1.82) is 0 Å². The largest absolute Gasteiger partial charge is 0.381 e. The monoisotopic (exact) mass is 424 g/mol. The van der Waals surface area contributed by atoms with Gasteiger partial charge in [-0.05, 0) is 24.5 Å². The first kappa shape index (κ1) is 20.2. The lowest BCUT2D eigenvalue weighted by atomic mass is 9.76. The molecule has 0 bridgehead atoms. The van der Waals surface area contributed by atoms with Crippen molar-refractivity contribution in [3.8, 4) is 0 Å². The predicted octanol–water partition coefficient (Wildman–Crippen LogP) is 1.25. The van der Waals surface area contributed by atoms with E-state index in [0.717, 1.165) is 18.5 Å².